The number of carbonyl (C=O) groups is 1. The third kappa shape index (κ3) is 3.49. The van der Waals surface area contributed by atoms with Gasteiger partial charge in [0.05, 0.1) is 16.1 Å². The van der Waals surface area contributed by atoms with E-state index in [-0.39, 0.29) is 11.7 Å². The number of aryl methyl sites for hydroxylation is 2. The van der Waals surface area contributed by atoms with Crippen LogP contribution in [0.5, 0.6) is 5.75 Å². The molecule has 6 heteroatoms. The van der Waals surface area contributed by atoms with E-state index in [1.165, 1.54) is 11.3 Å². The summed E-state index contributed by atoms with van der Waals surface area (Å²) in [6, 6.07) is 10.7. The molecular formula is C18H18N2O3S. The number of rotatable bonds is 5. The number of nitrogens with zero attached hydrogens (tertiary/aromatic N) is 1. The van der Waals surface area contributed by atoms with Crippen molar-refractivity contribution in [3.8, 4) is 16.2 Å². The summed E-state index contributed by atoms with van der Waals surface area (Å²) >= 11 is 1.43. The van der Waals surface area contributed by atoms with E-state index in [1.807, 2.05) is 38.1 Å². The van der Waals surface area contributed by atoms with Crippen LogP contribution in [0.3, 0.4) is 0 Å². The predicted molar refractivity (Wildman–Crippen MR) is 93.4 cm³/mol. The first-order valence-electron chi connectivity index (χ1n) is 7.64. The summed E-state index contributed by atoms with van der Waals surface area (Å²) in [7, 11) is 0. The minimum Gasteiger partial charge on any atom is -0.508 e. The van der Waals surface area contributed by atoms with Gasteiger partial charge in [0.15, 0.2) is 0 Å². The highest BCUT2D eigenvalue weighted by molar-refractivity contribution is 7.17. The van der Waals surface area contributed by atoms with E-state index in [0.29, 0.717) is 17.8 Å². The maximum Gasteiger partial charge on any atom is 0.261 e. The number of hydrogen-bond acceptors (Lipinski definition) is 5. The third-order valence-corrected chi connectivity index (χ3v) is 4.85. The monoisotopic (exact) mass is 342 g/mol. The molecule has 0 aliphatic carbocycles. The summed E-state index contributed by atoms with van der Waals surface area (Å²) < 4.78 is 5.18. The third-order valence-electron chi connectivity index (χ3n) is 3.75. The summed E-state index contributed by atoms with van der Waals surface area (Å²) in [5.41, 5.74) is 2.85. The standard InChI is InChI=1S/C18H18N2O3S/c1-11-17(12(2)23-20-11)15-7-8-16(24-15)18(22)19-10-9-13-3-5-14(21)6-4-13/h3-8,21H,9-10H2,1-2H3,(H,19,22). The maximum atomic E-state index is 12.3. The normalized spacial score (nSPS) is 10.8. The molecule has 0 unspecified atom stereocenters. The molecule has 5 nitrogen and oxygen atoms in total. The van der Waals surface area contributed by atoms with Crippen LogP contribution in [0.2, 0.25) is 0 Å². The van der Waals surface area contributed by atoms with Crippen LogP contribution in [0, 0.1) is 13.8 Å². The van der Waals surface area contributed by atoms with E-state index < -0.39 is 0 Å². The highest BCUT2D eigenvalue weighted by Crippen LogP contribution is 2.32. The molecule has 0 aliphatic rings. The van der Waals surface area contributed by atoms with Crippen LogP contribution >= 0.6 is 11.3 Å². The molecule has 0 spiro atoms. The van der Waals surface area contributed by atoms with Crippen LogP contribution in [-0.2, 0) is 6.42 Å². The first-order valence-corrected chi connectivity index (χ1v) is 8.45. The van der Waals surface area contributed by atoms with Gasteiger partial charge in [-0.2, -0.15) is 0 Å². The molecule has 0 saturated carbocycles. The van der Waals surface area contributed by atoms with Crippen LogP contribution in [0.25, 0.3) is 10.4 Å². The molecule has 2 heterocycles. The van der Waals surface area contributed by atoms with Gasteiger partial charge < -0.3 is 14.9 Å². The summed E-state index contributed by atoms with van der Waals surface area (Å²) in [6.07, 6.45) is 0.716. The molecule has 0 fully saturated rings. The fourth-order valence-electron chi connectivity index (χ4n) is 2.50. The lowest BCUT2D eigenvalue weighted by atomic mass is 10.1. The lowest BCUT2D eigenvalue weighted by Crippen LogP contribution is -2.24. The average molecular weight is 342 g/mol. The Kier molecular flexibility index (Phi) is 4.66. The van der Waals surface area contributed by atoms with E-state index in [2.05, 4.69) is 10.5 Å². The van der Waals surface area contributed by atoms with Gasteiger partial charge in [-0.05, 0) is 50.1 Å². The zero-order valence-corrected chi connectivity index (χ0v) is 14.3. The van der Waals surface area contributed by atoms with Crippen molar-refractivity contribution in [1.29, 1.82) is 0 Å². The zero-order chi connectivity index (χ0) is 17.1. The largest absolute Gasteiger partial charge is 0.508 e. The molecule has 0 atom stereocenters. The van der Waals surface area contributed by atoms with Gasteiger partial charge in [0.2, 0.25) is 0 Å². The number of amides is 1. The van der Waals surface area contributed by atoms with Crippen molar-refractivity contribution < 1.29 is 14.4 Å². The molecule has 0 saturated heterocycles. The molecule has 0 aliphatic heterocycles. The van der Waals surface area contributed by atoms with Crippen molar-refractivity contribution in [2.45, 2.75) is 20.3 Å². The second kappa shape index (κ2) is 6.88. The minimum atomic E-state index is -0.0863. The molecular weight excluding hydrogens is 324 g/mol. The lowest BCUT2D eigenvalue weighted by Gasteiger charge is -2.04. The molecule has 124 valence electrons. The van der Waals surface area contributed by atoms with Gasteiger partial charge >= 0.3 is 0 Å². The number of phenolic OH excluding ortho intramolecular Hbond substituents is 1. The molecule has 1 amide bonds. The molecule has 1 aromatic carbocycles. The smallest absolute Gasteiger partial charge is 0.261 e. The Balaban J connectivity index is 1.61. The molecule has 0 radical (unpaired) electrons. The number of aromatic nitrogens is 1. The number of aromatic hydroxyl groups is 1. The lowest BCUT2D eigenvalue weighted by molar-refractivity contribution is 0.0958. The Hall–Kier alpha value is -2.60. The fraction of sp³-hybridized carbons (Fsp3) is 0.222. The van der Waals surface area contributed by atoms with Crippen LogP contribution in [-0.4, -0.2) is 22.7 Å². The quantitative estimate of drug-likeness (QED) is 0.741. The highest BCUT2D eigenvalue weighted by Gasteiger charge is 2.16. The molecule has 2 aromatic heterocycles. The number of hydrogen-bond donors (Lipinski definition) is 2. The van der Waals surface area contributed by atoms with Crippen molar-refractivity contribution in [3.63, 3.8) is 0 Å². The van der Waals surface area contributed by atoms with Crippen molar-refractivity contribution in [2.24, 2.45) is 0 Å². The van der Waals surface area contributed by atoms with Crippen LogP contribution in [0.4, 0.5) is 0 Å². The topological polar surface area (TPSA) is 75.4 Å². The van der Waals surface area contributed by atoms with Gasteiger partial charge in [-0.3, -0.25) is 4.79 Å². The van der Waals surface area contributed by atoms with Crippen LogP contribution in [0.15, 0.2) is 40.9 Å². The van der Waals surface area contributed by atoms with Crippen molar-refractivity contribution in [3.05, 3.63) is 58.3 Å². The molecule has 3 rings (SSSR count). The second-order valence-corrected chi connectivity index (χ2v) is 6.62. The highest BCUT2D eigenvalue weighted by atomic mass is 32.1. The van der Waals surface area contributed by atoms with Crippen LogP contribution < -0.4 is 5.32 Å². The summed E-state index contributed by atoms with van der Waals surface area (Å²) in [5, 5.41) is 16.1. The average Bonchev–Trinajstić information content (AvgIpc) is 3.16. The van der Waals surface area contributed by atoms with Gasteiger partial charge in [-0.15, -0.1) is 11.3 Å². The Morgan fingerprint density at radius 2 is 1.96 bits per heavy atom. The van der Waals surface area contributed by atoms with Gasteiger partial charge in [0.1, 0.15) is 11.5 Å². The predicted octanol–water partition coefficient (Wildman–Crippen LogP) is 3.70. The van der Waals surface area contributed by atoms with E-state index in [9.17, 15) is 9.90 Å². The van der Waals surface area contributed by atoms with Gasteiger partial charge in [0.25, 0.3) is 5.91 Å². The van der Waals surface area contributed by atoms with Crippen molar-refractivity contribution in [2.75, 3.05) is 6.54 Å². The number of carbonyl (C=O) groups excluding carboxylic acids is 1. The van der Waals surface area contributed by atoms with Crippen molar-refractivity contribution in [1.82, 2.24) is 10.5 Å². The Bertz CT molecular complexity index is 830. The van der Waals surface area contributed by atoms with E-state index in [1.54, 1.807) is 12.1 Å². The number of phenols is 1. The summed E-state index contributed by atoms with van der Waals surface area (Å²) in [6.45, 7) is 4.30. The summed E-state index contributed by atoms with van der Waals surface area (Å²) in [5.74, 6) is 0.915. The van der Waals surface area contributed by atoms with Gasteiger partial charge in [-0.25, -0.2) is 0 Å². The van der Waals surface area contributed by atoms with Crippen LogP contribution in [0.1, 0.15) is 26.7 Å². The van der Waals surface area contributed by atoms with E-state index in [0.717, 1.165) is 27.5 Å². The molecule has 3 aromatic rings. The molecule has 2 N–H and O–H groups in total. The Morgan fingerprint density at radius 3 is 2.62 bits per heavy atom. The number of benzene rings is 1. The Morgan fingerprint density at radius 1 is 1.21 bits per heavy atom. The summed E-state index contributed by atoms with van der Waals surface area (Å²) in [4.78, 5) is 13.9. The first-order chi connectivity index (χ1) is 11.5. The minimum absolute atomic E-state index is 0.0863. The van der Waals surface area contributed by atoms with E-state index in [4.69, 9.17) is 4.52 Å². The zero-order valence-electron chi connectivity index (χ0n) is 13.5. The Labute approximate surface area is 143 Å². The van der Waals surface area contributed by atoms with Gasteiger partial charge in [0, 0.05) is 11.4 Å². The number of thiophene rings is 1. The number of nitrogens with one attached hydrogen (secondary N) is 1. The fourth-order valence-corrected chi connectivity index (χ4v) is 3.57. The SMILES string of the molecule is Cc1noc(C)c1-c1ccc(C(=O)NCCc2ccc(O)cc2)s1. The molecule has 24 heavy (non-hydrogen) atoms. The first kappa shape index (κ1) is 16.3. The second-order valence-electron chi connectivity index (χ2n) is 5.54. The van der Waals surface area contributed by atoms with Gasteiger partial charge in [-0.1, -0.05) is 17.3 Å². The molecule has 0 bridgehead atoms. The maximum absolute atomic E-state index is 12.3. The van der Waals surface area contributed by atoms with E-state index >= 15 is 0 Å². The van der Waals surface area contributed by atoms with Crippen molar-refractivity contribution >= 4 is 17.2 Å².